The summed E-state index contributed by atoms with van der Waals surface area (Å²) in [6.45, 7) is 5.32. The highest BCUT2D eigenvalue weighted by atomic mass is 32.1. The predicted octanol–water partition coefficient (Wildman–Crippen LogP) is 1.63. The van der Waals surface area contributed by atoms with Crippen LogP contribution in [0.2, 0.25) is 0 Å². The molecule has 1 aliphatic rings. The number of para-hydroxylation sites is 1. The van der Waals surface area contributed by atoms with Crippen molar-refractivity contribution in [3.63, 3.8) is 0 Å². The van der Waals surface area contributed by atoms with Crippen LogP contribution in [0.3, 0.4) is 0 Å². The normalized spacial score (nSPS) is 19.8. The van der Waals surface area contributed by atoms with Crippen LogP contribution >= 0.6 is 11.3 Å². The Labute approximate surface area is 127 Å². The average molecular weight is 305 g/mol. The van der Waals surface area contributed by atoms with E-state index in [1.165, 1.54) is 4.70 Å². The highest BCUT2D eigenvalue weighted by molar-refractivity contribution is 7.18. The van der Waals surface area contributed by atoms with E-state index in [1.807, 2.05) is 25.1 Å². The van der Waals surface area contributed by atoms with Gasteiger partial charge in [0.1, 0.15) is 11.0 Å². The van der Waals surface area contributed by atoms with Crippen molar-refractivity contribution >= 4 is 27.5 Å². The summed E-state index contributed by atoms with van der Waals surface area (Å²) in [7, 11) is 0. The fourth-order valence-electron chi connectivity index (χ4n) is 2.57. The molecular formula is C15H19N3O2S. The van der Waals surface area contributed by atoms with Crippen LogP contribution in [0.5, 0.6) is 0 Å². The number of aromatic nitrogens is 1. The number of esters is 1. The van der Waals surface area contributed by atoms with Gasteiger partial charge in [-0.2, -0.15) is 0 Å². The first-order valence-electron chi connectivity index (χ1n) is 7.24. The maximum absolute atomic E-state index is 12.0. The number of carbonyl (C=O) groups is 1. The second-order valence-electron chi connectivity index (χ2n) is 5.02. The van der Waals surface area contributed by atoms with E-state index in [4.69, 9.17) is 4.74 Å². The van der Waals surface area contributed by atoms with E-state index in [0.29, 0.717) is 19.7 Å². The van der Waals surface area contributed by atoms with E-state index in [0.717, 1.165) is 23.6 Å². The van der Waals surface area contributed by atoms with Crippen molar-refractivity contribution in [2.75, 3.05) is 26.2 Å². The Morgan fingerprint density at radius 2 is 2.38 bits per heavy atom. The first-order valence-corrected chi connectivity index (χ1v) is 8.05. The molecule has 1 aromatic heterocycles. The SMILES string of the molecule is CCOC(=O)C1CNCCN1Cc1nc2ccccc2s1. The van der Waals surface area contributed by atoms with Crippen LogP contribution < -0.4 is 5.32 Å². The summed E-state index contributed by atoms with van der Waals surface area (Å²) in [5.74, 6) is -0.147. The first kappa shape index (κ1) is 14.4. The van der Waals surface area contributed by atoms with Gasteiger partial charge >= 0.3 is 5.97 Å². The molecule has 0 spiro atoms. The van der Waals surface area contributed by atoms with Crippen LogP contribution in [-0.2, 0) is 16.1 Å². The molecule has 1 aromatic carbocycles. The molecule has 1 fully saturated rings. The summed E-state index contributed by atoms with van der Waals surface area (Å²) in [5.41, 5.74) is 1.03. The van der Waals surface area contributed by atoms with Gasteiger partial charge in [-0.3, -0.25) is 9.69 Å². The van der Waals surface area contributed by atoms with Crippen molar-refractivity contribution in [1.82, 2.24) is 15.2 Å². The number of hydrogen-bond acceptors (Lipinski definition) is 6. The standard InChI is InChI=1S/C15H19N3O2S/c1-2-20-15(19)12-9-16-7-8-18(12)10-14-17-11-5-3-4-6-13(11)21-14/h3-6,12,16H,2,7-10H2,1H3. The third-order valence-electron chi connectivity index (χ3n) is 3.59. The fourth-order valence-corrected chi connectivity index (χ4v) is 3.56. The number of hydrogen-bond donors (Lipinski definition) is 1. The molecule has 6 heteroatoms. The Balaban J connectivity index is 1.75. The van der Waals surface area contributed by atoms with E-state index in [9.17, 15) is 4.79 Å². The topological polar surface area (TPSA) is 54.5 Å². The van der Waals surface area contributed by atoms with Crippen molar-refractivity contribution in [2.45, 2.75) is 19.5 Å². The van der Waals surface area contributed by atoms with Gasteiger partial charge < -0.3 is 10.1 Å². The molecule has 112 valence electrons. The van der Waals surface area contributed by atoms with E-state index < -0.39 is 0 Å². The summed E-state index contributed by atoms with van der Waals surface area (Å²) in [5, 5.41) is 4.31. The zero-order chi connectivity index (χ0) is 14.7. The Bertz CT molecular complexity index is 595. The molecule has 1 unspecified atom stereocenters. The average Bonchev–Trinajstić information content (AvgIpc) is 2.90. The highest BCUT2D eigenvalue weighted by Crippen LogP contribution is 2.23. The van der Waals surface area contributed by atoms with Gasteiger partial charge in [-0.05, 0) is 19.1 Å². The monoisotopic (exact) mass is 305 g/mol. The van der Waals surface area contributed by atoms with E-state index in [-0.39, 0.29) is 12.0 Å². The fraction of sp³-hybridized carbons (Fsp3) is 0.467. The van der Waals surface area contributed by atoms with E-state index in [2.05, 4.69) is 21.3 Å². The Morgan fingerprint density at radius 1 is 1.52 bits per heavy atom. The molecule has 1 atom stereocenters. The lowest BCUT2D eigenvalue weighted by molar-refractivity contribution is -0.150. The van der Waals surface area contributed by atoms with Crippen molar-refractivity contribution in [3.8, 4) is 0 Å². The largest absolute Gasteiger partial charge is 0.465 e. The van der Waals surface area contributed by atoms with Crippen molar-refractivity contribution in [1.29, 1.82) is 0 Å². The van der Waals surface area contributed by atoms with Gasteiger partial charge in [0, 0.05) is 19.6 Å². The molecular weight excluding hydrogens is 286 g/mol. The second kappa shape index (κ2) is 6.51. The van der Waals surface area contributed by atoms with Gasteiger partial charge in [-0.1, -0.05) is 12.1 Å². The number of benzene rings is 1. The van der Waals surface area contributed by atoms with Crippen LogP contribution in [-0.4, -0.2) is 48.1 Å². The molecule has 1 N–H and O–H groups in total. The zero-order valence-electron chi connectivity index (χ0n) is 12.0. The van der Waals surface area contributed by atoms with Gasteiger partial charge in [0.05, 0.1) is 23.4 Å². The summed E-state index contributed by atoms with van der Waals surface area (Å²) >= 11 is 1.69. The number of ether oxygens (including phenoxy) is 1. The lowest BCUT2D eigenvalue weighted by atomic mass is 10.2. The third kappa shape index (κ3) is 3.23. The zero-order valence-corrected chi connectivity index (χ0v) is 12.9. The number of fused-ring (bicyclic) bond motifs is 1. The number of carbonyl (C=O) groups excluding carboxylic acids is 1. The number of piperazine rings is 1. The summed E-state index contributed by atoms with van der Waals surface area (Å²) in [6, 6.07) is 7.91. The Kier molecular flexibility index (Phi) is 4.48. The summed E-state index contributed by atoms with van der Waals surface area (Å²) in [4.78, 5) is 18.9. The smallest absolute Gasteiger partial charge is 0.324 e. The molecule has 1 saturated heterocycles. The van der Waals surface area contributed by atoms with Gasteiger partial charge in [-0.25, -0.2) is 4.98 Å². The summed E-state index contributed by atoms with van der Waals surface area (Å²) < 4.78 is 6.36. The van der Waals surface area contributed by atoms with Crippen LogP contribution in [0, 0.1) is 0 Å². The lowest BCUT2D eigenvalue weighted by Crippen LogP contribution is -2.54. The summed E-state index contributed by atoms with van der Waals surface area (Å²) in [6.07, 6.45) is 0. The molecule has 1 aliphatic heterocycles. The Hall–Kier alpha value is -1.50. The molecule has 2 heterocycles. The maximum atomic E-state index is 12.0. The third-order valence-corrected chi connectivity index (χ3v) is 4.61. The van der Waals surface area contributed by atoms with Crippen molar-refractivity contribution < 1.29 is 9.53 Å². The number of nitrogens with zero attached hydrogens (tertiary/aromatic N) is 2. The molecule has 0 radical (unpaired) electrons. The number of nitrogens with one attached hydrogen (secondary N) is 1. The number of rotatable bonds is 4. The van der Waals surface area contributed by atoms with Gasteiger partial charge in [0.2, 0.25) is 0 Å². The minimum atomic E-state index is -0.217. The molecule has 0 bridgehead atoms. The molecule has 0 aliphatic carbocycles. The minimum absolute atomic E-state index is 0.147. The van der Waals surface area contributed by atoms with Crippen LogP contribution in [0.1, 0.15) is 11.9 Å². The highest BCUT2D eigenvalue weighted by Gasteiger charge is 2.30. The molecule has 2 aromatic rings. The predicted molar refractivity (Wildman–Crippen MR) is 83.3 cm³/mol. The first-order chi connectivity index (χ1) is 10.3. The van der Waals surface area contributed by atoms with Gasteiger partial charge in [0.25, 0.3) is 0 Å². The minimum Gasteiger partial charge on any atom is -0.465 e. The molecule has 0 saturated carbocycles. The second-order valence-corrected chi connectivity index (χ2v) is 6.13. The van der Waals surface area contributed by atoms with Gasteiger partial charge in [0.15, 0.2) is 0 Å². The quantitative estimate of drug-likeness (QED) is 0.870. The molecule has 3 rings (SSSR count). The number of thiazole rings is 1. The van der Waals surface area contributed by atoms with E-state index in [1.54, 1.807) is 11.3 Å². The maximum Gasteiger partial charge on any atom is 0.324 e. The Morgan fingerprint density at radius 3 is 3.19 bits per heavy atom. The molecule has 5 nitrogen and oxygen atoms in total. The van der Waals surface area contributed by atoms with Crippen molar-refractivity contribution in [3.05, 3.63) is 29.3 Å². The van der Waals surface area contributed by atoms with Crippen LogP contribution in [0.4, 0.5) is 0 Å². The van der Waals surface area contributed by atoms with Crippen LogP contribution in [0.15, 0.2) is 24.3 Å². The molecule has 21 heavy (non-hydrogen) atoms. The van der Waals surface area contributed by atoms with Gasteiger partial charge in [-0.15, -0.1) is 11.3 Å². The van der Waals surface area contributed by atoms with Crippen molar-refractivity contribution in [2.24, 2.45) is 0 Å². The lowest BCUT2D eigenvalue weighted by Gasteiger charge is -2.33. The van der Waals surface area contributed by atoms with Crippen LogP contribution in [0.25, 0.3) is 10.2 Å². The van der Waals surface area contributed by atoms with E-state index >= 15 is 0 Å². The molecule has 0 amide bonds.